The Labute approximate surface area is 76.8 Å². The summed E-state index contributed by atoms with van der Waals surface area (Å²) in [5.41, 5.74) is 0. The summed E-state index contributed by atoms with van der Waals surface area (Å²) in [6.45, 7) is 8.74. The van der Waals surface area contributed by atoms with Gasteiger partial charge in [-0.15, -0.1) is 0 Å². The van der Waals surface area contributed by atoms with Gasteiger partial charge in [0, 0.05) is 13.0 Å². The molecular formula is C10H10FNO. The van der Waals surface area contributed by atoms with E-state index in [0.29, 0.717) is 12.4 Å². The molecule has 0 bridgehead atoms. The first-order valence-electron chi connectivity index (χ1n) is 3.97. The molecule has 0 N–H and O–H groups in total. The molecule has 0 aliphatic rings. The van der Waals surface area contributed by atoms with Crippen LogP contribution >= 0.6 is 0 Å². The van der Waals surface area contributed by atoms with E-state index in [-0.39, 0.29) is 11.9 Å². The van der Waals surface area contributed by atoms with Gasteiger partial charge < -0.3 is 9.58 Å². The van der Waals surface area contributed by atoms with Crippen LogP contribution in [0.2, 0.25) is 0 Å². The zero-order valence-corrected chi connectivity index (χ0v) is 7.33. The van der Waals surface area contributed by atoms with E-state index in [1.165, 1.54) is 12.1 Å². The summed E-state index contributed by atoms with van der Waals surface area (Å²) in [7, 11) is 0. The van der Waals surface area contributed by atoms with Crippen molar-refractivity contribution >= 4 is 0 Å². The largest absolute Gasteiger partial charge is 0.485 e. The molecule has 13 heavy (non-hydrogen) atoms. The highest BCUT2D eigenvalue weighted by atomic mass is 19.1. The second-order valence-corrected chi connectivity index (χ2v) is 2.75. The Bertz CT molecular complexity index is 319. The van der Waals surface area contributed by atoms with Crippen LogP contribution in [0.15, 0.2) is 24.3 Å². The first kappa shape index (κ1) is 9.53. The number of nitrogens with zero attached hydrogens (tertiary/aromatic N) is 1. The monoisotopic (exact) mass is 179 g/mol. The van der Waals surface area contributed by atoms with Gasteiger partial charge in [-0.25, -0.2) is 11.0 Å². The highest BCUT2D eigenvalue weighted by Crippen LogP contribution is 2.12. The Morgan fingerprint density at radius 3 is 3.00 bits per heavy atom. The zero-order chi connectivity index (χ0) is 9.68. The summed E-state index contributed by atoms with van der Waals surface area (Å²) in [6, 6.07) is 5.71. The average Bonchev–Trinajstić information content (AvgIpc) is 2.14. The summed E-state index contributed by atoms with van der Waals surface area (Å²) < 4.78 is 17.8. The van der Waals surface area contributed by atoms with E-state index in [1.807, 2.05) is 0 Å². The van der Waals surface area contributed by atoms with Gasteiger partial charge in [0.25, 0.3) is 6.04 Å². The summed E-state index contributed by atoms with van der Waals surface area (Å²) in [6.07, 6.45) is 0. The molecule has 1 atom stereocenters. The normalized spacial score (nSPS) is 11.8. The summed E-state index contributed by atoms with van der Waals surface area (Å²) in [4.78, 5) is 3.26. The first-order chi connectivity index (χ1) is 6.22. The van der Waals surface area contributed by atoms with Crippen molar-refractivity contribution in [2.45, 2.75) is 13.0 Å². The predicted molar refractivity (Wildman–Crippen MR) is 48.0 cm³/mol. The Morgan fingerprint density at radius 2 is 2.38 bits per heavy atom. The second kappa shape index (κ2) is 4.46. The minimum Gasteiger partial charge on any atom is -0.485 e. The lowest BCUT2D eigenvalue weighted by Gasteiger charge is -2.04. The van der Waals surface area contributed by atoms with Crippen molar-refractivity contribution in [3.8, 4) is 5.75 Å². The van der Waals surface area contributed by atoms with Crippen molar-refractivity contribution in [2.24, 2.45) is 0 Å². The van der Waals surface area contributed by atoms with E-state index in [0.717, 1.165) is 0 Å². The lowest BCUT2D eigenvalue weighted by Crippen LogP contribution is -2.09. The Hall–Kier alpha value is -1.56. The van der Waals surface area contributed by atoms with E-state index in [2.05, 4.69) is 4.85 Å². The average molecular weight is 179 g/mol. The number of benzene rings is 1. The van der Waals surface area contributed by atoms with Gasteiger partial charge in [-0.3, -0.25) is 0 Å². The molecule has 0 saturated heterocycles. The fourth-order valence-electron chi connectivity index (χ4n) is 0.811. The van der Waals surface area contributed by atoms with Gasteiger partial charge in [0.05, 0.1) is 0 Å². The van der Waals surface area contributed by atoms with Gasteiger partial charge in [-0.2, -0.15) is 0 Å². The molecule has 0 aliphatic heterocycles. The molecule has 0 saturated carbocycles. The lowest BCUT2D eigenvalue weighted by molar-refractivity contribution is 0.308. The standard InChI is InChI=1S/C10H10FNO/c1-8(12-2)7-13-10-5-3-4-9(11)6-10/h3-6,8H,7H2,1H3. The zero-order valence-electron chi connectivity index (χ0n) is 7.33. The maximum absolute atomic E-state index is 12.6. The molecule has 68 valence electrons. The number of ether oxygens (including phenoxy) is 1. The van der Waals surface area contributed by atoms with Crippen molar-refractivity contribution < 1.29 is 9.13 Å². The van der Waals surface area contributed by atoms with Crippen LogP contribution < -0.4 is 4.74 Å². The minimum atomic E-state index is -0.326. The quantitative estimate of drug-likeness (QED) is 0.650. The van der Waals surface area contributed by atoms with Crippen LogP contribution in [0.5, 0.6) is 5.75 Å². The molecule has 1 rings (SSSR count). The highest BCUT2D eigenvalue weighted by Gasteiger charge is 2.04. The summed E-state index contributed by atoms with van der Waals surface area (Å²) in [5.74, 6) is 0.142. The molecule has 3 heteroatoms. The van der Waals surface area contributed by atoms with E-state index >= 15 is 0 Å². The lowest BCUT2D eigenvalue weighted by atomic mass is 10.3. The topological polar surface area (TPSA) is 13.6 Å². The van der Waals surface area contributed by atoms with Crippen LogP contribution in [0.4, 0.5) is 4.39 Å². The number of halogens is 1. The minimum absolute atomic E-state index is 0.191. The van der Waals surface area contributed by atoms with E-state index in [1.54, 1.807) is 19.1 Å². The molecule has 0 aromatic heterocycles. The van der Waals surface area contributed by atoms with Crippen LogP contribution in [0.1, 0.15) is 6.92 Å². The molecule has 1 aromatic carbocycles. The van der Waals surface area contributed by atoms with Gasteiger partial charge in [-0.05, 0) is 12.1 Å². The summed E-state index contributed by atoms with van der Waals surface area (Å²) >= 11 is 0. The van der Waals surface area contributed by atoms with Gasteiger partial charge in [0.2, 0.25) is 0 Å². The summed E-state index contributed by atoms with van der Waals surface area (Å²) in [5, 5.41) is 0. The van der Waals surface area contributed by atoms with E-state index in [9.17, 15) is 4.39 Å². The predicted octanol–water partition coefficient (Wildman–Crippen LogP) is 2.51. The number of hydrogen-bond acceptors (Lipinski definition) is 1. The van der Waals surface area contributed by atoms with Crippen molar-refractivity contribution in [3.63, 3.8) is 0 Å². The van der Waals surface area contributed by atoms with E-state index < -0.39 is 0 Å². The van der Waals surface area contributed by atoms with Crippen molar-refractivity contribution in [3.05, 3.63) is 41.5 Å². The molecule has 0 spiro atoms. The number of hydrogen-bond donors (Lipinski definition) is 0. The van der Waals surface area contributed by atoms with Gasteiger partial charge >= 0.3 is 0 Å². The van der Waals surface area contributed by atoms with Crippen molar-refractivity contribution in [1.29, 1.82) is 0 Å². The Balaban J connectivity index is 2.51. The maximum Gasteiger partial charge on any atom is 0.254 e. The molecule has 2 nitrogen and oxygen atoms in total. The van der Waals surface area contributed by atoms with Crippen LogP contribution in [0.3, 0.4) is 0 Å². The van der Waals surface area contributed by atoms with Crippen LogP contribution in [-0.4, -0.2) is 12.6 Å². The molecule has 0 amide bonds. The second-order valence-electron chi connectivity index (χ2n) is 2.75. The van der Waals surface area contributed by atoms with Crippen LogP contribution in [0, 0.1) is 12.4 Å². The van der Waals surface area contributed by atoms with Gasteiger partial charge in [0.15, 0.2) is 6.61 Å². The molecule has 0 radical (unpaired) electrons. The van der Waals surface area contributed by atoms with Crippen LogP contribution in [0.25, 0.3) is 4.85 Å². The molecule has 1 aromatic rings. The fourth-order valence-corrected chi connectivity index (χ4v) is 0.811. The third kappa shape index (κ3) is 3.12. The SMILES string of the molecule is [C-]#[N+]C(C)COc1cccc(F)c1. The molecule has 0 aliphatic carbocycles. The smallest absolute Gasteiger partial charge is 0.254 e. The van der Waals surface area contributed by atoms with E-state index in [4.69, 9.17) is 11.3 Å². The first-order valence-corrected chi connectivity index (χ1v) is 3.97. The molecular weight excluding hydrogens is 169 g/mol. The Morgan fingerprint density at radius 1 is 1.62 bits per heavy atom. The van der Waals surface area contributed by atoms with Crippen molar-refractivity contribution in [2.75, 3.05) is 6.61 Å². The molecule has 0 heterocycles. The van der Waals surface area contributed by atoms with Gasteiger partial charge in [-0.1, -0.05) is 6.07 Å². The highest BCUT2D eigenvalue weighted by molar-refractivity contribution is 5.22. The maximum atomic E-state index is 12.6. The third-order valence-electron chi connectivity index (χ3n) is 1.51. The Kier molecular flexibility index (Phi) is 3.27. The number of rotatable bonds is 3. The van der Waals surface area contributed by atoms with Gasteiger partial charge in [0.1, 0.15) is 11.6 Å². The molecule has 1 unspecified atom stereocenters. The molecule has 0 fully saturated rings. The van der Waals surface area contributed by atoms with Crippen LogP contribution in [-0.2, 0) is 0 Å². The fraction of sp³-hybridized carbons (Fsp3) is 0.300. The van der Waals surface area contributed by atoms with Crippen molar-refractivity contribution in [1.82, 2.24) is 0 Å². The third-order valence-corrected chi connectivity index (χ3v) is 1.51.